The fourth-order valence-electron chi connectivity index (χ4n) is 2.38. The second-order valence-corrected chi connectivity index (χ2v) is 5.67. The van der Waals surface area contributed by atoms with Crippen molar-refractivity contribution >= 4 is 21.6 Å². The molecular formula is C15H18BrN3O2. The fourth-order valence-corrected chi connectivity index (χ4v) is 2.80. The van der Waals surface area contributed by atoms with Crippen molar-refractivity contribution in [3.8, 4) is 11.5 Å². The Kier molecular flexibility index (Phi) is 4.05. The van der Waals surface area contributed by atoms with Crippen LogP contribution in [0.4, 0.5) is 5.69 Å². The molecular weight excluding hydrogens is 334 g/mol. The lowest BCUT2D eigenvalue weighted by Gasteiger charge is -2.19. The third-order valence-corrected chi connectivity index (χ3v) is 4.49. The summed E-state index contributed by atoms with van der Waals surface area (Å²) in [5, 5.41) is 7.91. The second kappa shape index (κ2) is 5.97. The number of nitrogens with one attached hydrogen (secondary N) is 1. The Morgan fingerprint density at radius 2 is 2.05 bits per heavy atom. The van der Waals surface area contributed by atoms with Gasteiger partial charge in [0, 0.05) is 18.3 Å². The second-order valence-electron chi connectivity index (χ2n) is 4.87. The summed E-state index contributed by atoms with van der Waals surface area (Å²) in [6.45, 7) is 6.86. The number of aromatic nitrogens is 2. The predicted molar refractivity (Wildman–Crippen MR) is 85.1 cm³/mol. The highest BCUT2D eigenvalue weighted by Crippen LogP contribution is 2.33. The van der Waals surface area contributed by atoms with Gasteiger partial charge in [-0.15, -0.1) is 0 Å². The van der Waals surface area contributed by atoms with E-state index in [-0.39, 0.29) is 0 Å². The minimum atomic E-state index is 0.601. The van der Waals surface area contributed by atoms with Gasteiger partial charge < -0.3 is 14.8 Å². The number of anilines is 1. The molecule has 2 aromatic rings. The van der Waals surface area contributed by atoms with E-state index in [0.29, 0.717) is 19.8 Å². The number of ether oxygens (including phenoxy) is 2. The average Bonchev–Trinajstić information content (AvgIpc) is 2.79. The standard InChI is InChI=1S/C15H18BrN3O2/c1-3-19-12(15(16)10(2)18-19)9-17-11-4-5-13-14(8-11)21-7-6-20-13/h4-5,8,17H,3,6-7,9H2,1-2H3. The molecule has 1 aromatic heterocycles. The molecule has 1 aliphatic heterocycles. The molecule has 1 aromatic carbocycles. The smallest absolute Gasteiger partial charge is 0.163 e. The zero-order valence-electron chi connectivity index (χ0n) is 12.1. The number of nitrogens with zero attached hydrogens (tertiary/aromatic N) is 2. The van der Waals surface area contributed by atoms with E-state index in [9.17, 15) is 0 Å². The molecule has 112 valence electrons. The third kappa shape index (κ3) is 2.85. The number of hydrogen-bond acceptors (Lipinski definition) is 4. The summed E-state index contributed by atoms with van der Waals surface area (Å²) in [6, 6.07) is 5.91. The molecule has 0 aliphatic carbocycles. The highest BCUT2D eigenvalue weighted by atomic mass is 79.9. The van der Waals surface area contributed by atoms with Crippen LogP contribution >= 0.6 is 15.9 Å². The topological polar surface area (TPSA) is 48.3 Å². The van der Waals surface area contributed by atoms with Crippen LogP contribution in [0.5, 0.6) is 11.5 Å². The van der Waals surface area contributed by atoms with Crippen LogP contribution in [-0.4, -0.2) is 23.0 Å². The van der Waals surface area contributed by atoms with Crippen LogP contribution in [0.25, 0.3) is 0 Å². The largest absolute Gasteiger partial charge is 0.486 e. The number of rotatable bonds is 4. The summed E-state index contributed by atoms with van der Waals surface area (Å²) in [4.78, 5) is 0. The summed E-state index contributed by atoms with van der Waals surface area (Å²) in [7, 11) is 0. The maximum atomic E-state index is 5.60. The first-order valence-electron chi connectivity index (χ1n) is 7.04. The molecule has 0 atom stereocenters. The lowest BCUT2D eigenvalue weighted by Crippen LogP contribution is -2.15. The maximum Gasteiger partial charge on any atom is 0.163 e. The predicted octanol–water partition coefficient (Wildman–Crippen LogP) is 3.36. The van der Waals surface area contributed by atoms with Crippen LogP contribution in [0.2, 0.25) is 0 Å². The molecule has 0 unspecified atom stereocenters. The maximum absolute atomic E-state index is 5.60. The first kappa shape index (κ1) is 14.3. The molecule has 0 saturated heterocycles. The average molecular weight is 352 g/mol. The van der Waals surface area contributed by atoms with E-state index in [0.717, 1.165) is 39.6 Å². The van der Waals surface area contributed by atoms with E-state index in [2.05, 4.69) is 33.3 Å². The molecule has 0 amide bonds. The Morgan fingerprint density at radius 3 is 2.81 bits per heavy atom. The minimum absolute atomic E-state index is 0.601. The third-order valence-electron chi connectivity index (χ3n) is 3.45. The molecule has 1 aliphatic rings. The van der Waals surface area contributed by atoms with Gasteiger partial charge in [-0.05, 0) is 41.9 Å². The summed E-state index contributed by atoms with van der Waals surface area (Å²) >= 11 is 3.61. The molecule has 0 saturated carbocycles. The fraction of sp³-hybridized carbons (Fsp3) is 0.400. The summed E-state index contributed by atoms with van der Waals surface area (Å²) in [6.07, 6.45) is 0. The summed E-state index contributed by atoms with van der Waals surface area (Å²) < 4.78 is 14.2. The zero-order chi connectivity index (χ0) is 14.8. The Hall–Kier alpha value is -1.69. The first-order chi connectivity index (χ1) is 10.2. The van der Waals surface area contributed by atoms with Crippen LogP contribution in [0.1, 0.15) is 18.3 Å². The van der Waals surface area contributed by atoms with Gasteiger partial charge in [-0.3, -0.25) is 4.68 Å². The SMILES string of the molecule is CCn1nc(C)c(Br)c1CNc1ccc2c(c1)OCCO2. The van der Waals surface area contributed by atoms with Gasteiger partial charge in [0.2, 0.25) is 0 Å². The van der Waals surface area contributed by atoms with Crippen LogP contribution in [0, 0.1) is 6.92 Å². The van der Waals surface area contributed by atoms with Gasteiger partial charge >= 0.3 is 0 Å². The molecule has 21 heavy (non-hydrogen) atoms. The Labute approximate surface area is 132 Å². The Balaban J connectivity index is 1.76. The molecule has 2 heterocycles. The molecule has 0 fully saturated rings. The van der Waals surface area contributed by atoms with E-state index in [1.165, 1.54) is 0 Å². The van der Waals surface area contributed by atoms with Crippen molar-refractivity contribution in [2.75, 3.05) is 18.5 Å². The lowest BCUT2D eigenvalue weighted by molar-refractivity contribution is 0.171. The van der Waals surface area contributed by atoms with E-state index in [1.807, 2.05) is 29.8 Å². The number of aryl methyl sites for hydroxylation is 2. The number of halogens is 1. The van der Waals surface area contributed by atoms with Crippen molar-refractivity contribution in [2.24, 2.45) is 0 Å². The highest BCUT2D eigenvalue weighted by molar-refractivity contribution is 9.10. The van der Waals surface area contributed by atoms with E-state index >= 15 is 0 Å². The van der Waals surface area contributed by atoms with Crippen LogP contribution < -0.4 is 14.8 Å². The van der Waals surface area contributed by atoms with E-state index in [1.54, 1.807) is 0 Å². The van der Waals surface area contributed by atoms with E-state index in [4.69, 9.17) is 9.47 Å². The van der Waals surface area contributed by atoms with Gasteiger partial charge in [0.1, 0.15) is 13.2 Å². The molecule has 1 N–H and O–H groups in total. The van der Waals surface area contributed by atoms with Gasteiger partial charge in [-0.2, -0.15) is 5.10 Å². The van der Waals surface area contributed by atoms with Crippen LogP contribution in [0.3, 0.4) is 0 Å². The van der Waals surface area contributed by atoms with Crippen molar-refractivity contribution in [3.05, 3.63) is 34.1 Å². The summed E-state index contributed by atoms with van der Waals surface area (Å²) in [5.41, 5.74) is 3.16. The van der Waals surface area contributed by atoms with Gasteiger partial charge in [-0.1, -0.05) is 0 Å². The van der Waals surface area contributed by atoms with Gasteiger partial charge in [0.25, 0.3) is 0 Å². The highest BCUT2D eigenvalue weighted by Gasteiger charge is 2.14. The first-order valence-corrected chi connectivity index (χ1v) is 7.83. The van der Waals surface area contributed by atoms with Gasteiger partial charge in [-0.25, -0.2) is 0 Å². The minimum Gasteiger partial charge on any atom is -0.486 e. The Bertz CT molecular complexity index is 655. The van der Waals surface area contributed by atoms with Gasteiger partial charge in [0.05, 0.1) is 22.4 Å². The molecule has 3 rings (SSSR count). The number of fused-ring (bicyclic) bond motifs is 1. The van der Waals surface area contributed by atoms with Crippen molar-refractivity contribution in [3.63, 3.8) is 0 Å². The molecule has 0 radical (unpaired) electrons. The zero-order valence-corrected chi connectivity index (χ0v) is 13.7. The molecule has 6 heteroatoms. The van der Waals surface area contributed by atoms with Crippen molar-refractivity contribution in [2.45, 2.75) is 26.9 Å². The Morgan fingerprint density at radius 1 is 1.29 bits per heavy atom. The number of benzene rings is 1. The number of hydrogen-bond donors (Lipinski definition) is 1. The lowest BCUT2D eigenvalue weighted by atomic mass is 10.2. The van der Waals surface area contributed by atoms with Crippen molar-refractivity contribution in [1.29, 1.82) is 0 Å². The molecule has 5 nitrogen and oxygen atoms in total. The summed E-state index contributed by atoms with van der Waals surface area (Å²) in [5.74, 6) is 1.60. The van der Waals surface area contributed by atoms with Crippen LogP contribution in [0.15, 0.2) is 22.7 Å². The molecule has 0 bridgehead atoms. The van der Waals surface area contributed by atoms with Crippen LogP contribution in [-0.2, 0) is 13.1 Å². The monoisotopic (exact) mass is 351 g/mol. The quantitative estimate of drug-likeness (QED) is 0.917. The van der Waals surface area contributed by atoms with Crippen molar-refractivity contribution < 1.29 is 9.47 Å². The molecule has 0 spiro atoms. The van der Waals surface area contributed by atoms with Crippen molar-refractivity contribution in [1.82, 2.24) is 9.78 Å². The van der Waals surface area contributed by atoms with Gasteiger partial charge in [0.15, 0.2) is 11.5 Å². The van der Waals surface area contributed by atoms with E-state index < -0.39 is 0 Å². The normalized spacial score (nSPS) is 13.3.